The summed E-state index contributed by atoms with van der Waals surface area (Å²) >= 11 is 3.56. The molecular formula is C16H17NOS2. The molecule has 1 aromatic carbocycles. The lowest BCUT2D eigenvalue weighted by molar-refractivity contribution is -0.116. The number of rotatable bonds is 7. The Labute approximate surface area is 127 Å². The van der Waals surface area contributed by atoms with Gasteiger partial charge in [-0.15, -0.1) is 0 Å². The minimum absolute atomic E-state index is 0.0370. The minimum Gasteiger partial charge on any atom is -0.352 e. The molecule has 0 fully saturated rings. The number of hydrogen-bond acceptors (Lipinski definition) is 3. The molecule has 0 atom stereocenters. The Morgan fingerprint density at radius 1 is 1.25 bits per heavy atom. The third kappa shape index (κ3) is 5.63. The summed E-state index contributed by atoms with van der Waals surface area (Å²) in [5, 5.41) is 7.14. The van der Waals surface area contributed by atoms with Gasteiger partial charge in [0.1, 0.15) is 0 Å². The van der Waals surface area contributed by atoms with E-state index in [4.69, 9.17) is 0 Å². The molecule has 0 saturated heterocycles. The first-order valence-electron chi connectivity index (χ1n) is 6.44. The molecule has 0 unspecified atom stereocenters. The molecule has 2 aromatic rings. The van der Waals surface area contributed by atoms with E-state index >= 15 is 0 Å². The predicted molar refractivity (Wildman–Crippen MR) is 89.0 cm³/mol. The first-order chi connectivity index (χ1) is 9.84. The lowest BCUT2D eigenvalue weighted by Gasteiger charge is -2.01. The van der Waals surface area contributed by atoms with Crippen molar-refractivity contribution in [2.45, 2.75) is 5.75 Å². The van der Waals surface area contributed by atoms with Crippen LogP contribution in [0.3, 0.4) is 0 Å². The Bertz CT molecular complexity index is 535. The van der Waals surface area contributed by atoms with Crippen molar-refractivity contribution in [3.63, 3.8) is 0 Å². The smallest absolute Gasteiger partial charge is 0.244 e. The molecule has 2 rings (SSSR count). The van der Waals surface area contributed by atoms with Crippen molar-refractivity contribution in [1.82, 2.24) is 5.32 Å². The Morgan fingerprint density at radius 3 is 2.85 bits per heavy atom. The molecule has 0 bridgehead atoms. The van der Waals surface area contributed by atoms with Crippen LogP contribution in [0, 0.1) is 0 Å². The van der Waals surface area contributed by atoms with Gasteiger partial charge in [0.25, 0.3) is 0 Å². The van der Waals surface area contributed by atoms with Gasteiger partial charge in [0, 0.05) is 24.1 Å². The molecule has 1 N–H and O–H groups in total. The summed E-state index contributed by atoms with van der Waals surface area (Å²) in [5.74, 6) is 1.91. The van der Waals surface area contributed by atoms with Crippen molar-refractivity contribution in [2.24, 2.45) is 0 Å². The van der Waals surface area contributed by atoms with Gasteiger partial charge in [-0.3, -0.25) is 4.79 Å². The first kappa shape index (κ1) is 14.9. The van der Waals surface area contributed by atoms with Crippen LogP contribution in [0.25, 0.3) is 6.08 Å². The molecule has 4 heteroatoms. The largest absolute Gasteiger partial charge is 0.352 e. The fraction of sp³-hybridized carbons (Fsp3) is 0.188. The van der Waals surface area contributed by atoms with Crippen LogP contribution in [0.2, 0.25) is 0 Å². The Hall–Kier alpha value is -1.52. The summed E-state index contributed by atoms with van der Waals surface area (Å²) in [6, 6.07) is 12.0. The van der Waals surface area contributed by atoms with Crippen LogP contribution in [0.4, 0.5) is 0 Å². The van der Waals surface area contributed by atoms with Crippen LogP contribution in [-0.4, -0.2) is 18.2 Å². The van der Waals surface area contributed by atoms with Crippen LogP contribution in [0.1, 0.15) is 11.1 Å². The summed E-state index contributed by atoms with van der Waals surface area (Å²) in [7, 11) is 0. The SMILES string of the molecule is O=C(/C=C/c1ccccc1)NCCSCc1ccsc1. The third-order valence-electron chi connectivity index (χ3n) is 2.62. The number of hydrogen-bond donors (Lipinski definition) is 1. The average Bonchev–Trinajstić information content (AvgIpc) is 2.99. The van der Waals surface area contributed by atoms with Crippen LogP contribution >= 0.6 is 23.1 Å². The Balaban J connectivity index is 1.59. The topological polar surface area (TPSA) is 29.1 Å². The lowest BCUT2D eigenvalue weighted by atomic mass is 10.2. The van der Waals surface area contributed by atoms with E-state index < -0.39 is 0 Å². The van der Waals surface area contributed by atoms with Gasteiger partial charge >= 0.3 is 0 Å². The molecule has 1 aromatic heterocycles. The molecule has 20 heavy (non-hydrogen) atoms. The van der Waals surface area contributed by atoms with E-state index in [0.717, 1.165) is 17.1 Å². The van der Waals surface area contributed by atoms with Crippen molar-refractivity contribution in [1.29, 1.82) is 0 Å². The number of nitrogens with one attached hydrogen (secondary N) is 1. The maximum atomic E-state index is 11.6. The van der Waals surface area contributed by atoms with Crippen LogP contribution in [0.15, 0.2) is 53.2 Å². The average molecular weight is 303 g/mol. The summed E-state index contributed by atoms with van der Waals surface area (Å²) in [4.78, 5) is 11.6. The van der Waals surface area contributed by atoms with Gasteiger partial charge < -0.3 is 5.32 Å². The van der Waals surface area contributed by atoms with E-state index in [0.29, 0.717) is 6.54 Å². The maximum Gasteiger partial charge on any atom is 0.244 e. The van der Waals surface area contributed by atoms with Crippen LogP contribution in [-0.2, 0) is 10.5 Å². The zero-order valence-electron chi connectivity index (χ0n) is 11.1. The molecule has 104 valence electrons. The highest BCUT2D eigenvalue weighted by atomic mass is 32.2. The monoisotopic (exact) mass is 303 g/mol. The van der Waals surface area contributed by atoms with E-state index in [1.807, 2.05) is 48.2 Å². The van der Waals surface area contributed by atoms with Gasteiger partial charge in [-0.1, -0.05) is 30.3 Å². The lowest BCUT2D eigenvalue weighted by Crippen LogP contribution is -2.23. The number of thioether (sulfide) groups is 1. The second kappa shape index (κ2) is 8.61. The van der Waals surface area contributed by atoms with Gasteiger partial charge in [0.15, 0.2) is 0 Å². The predicted octanol–water partition coefficient (Wildman–Crippen LogP) is 3.81. The Kier molecular flexibility index (Phi) is 6.41. The number of carbonyl (C=O) groups is 1. The molecule has 0 radical (unpaired) electrons. The molecule has 0 saturated carbocycles. The highest BCUT2D eigenvalue weighted by molar-refractivity contribution is 7.98. The first-order valence-corrected chi connectivity index (χ1v) is 8.54. The summed E-state index contributed by atoms with van der Waals surface area (Å²) in [6.45, 7) is 0.701. The molecule has 0 aliphatic carbocycles. The second-order valence-corrected chi connectivity index (χ2v) is 6.10. The number of benzene rings is 1. The highest BCUT2D eigenvalue weighted by Crippen LogP contribution is 2.14. The van der Waals surface area contributed by atoms with Crippen molar-refractivity contribution in [2.75, 3.05) is 12.3 Å². The number of thiophene rings is 1. The van der Waals surface area contributed by atoms with Crippen molar-refractivity contribution < 1.29 is 4.79 Å². The normalized spacial score (nSPS) is 10.8. The zero-order valence-corrected chi connectivity index (χ0v) is 12.8. The maximum absolute atomic E-state index is 11.6. The summed E-state index contributed by atoms with van der Waals surface area (Å²) in [6.07, 6.45) is 3.41. The van der Waals surface area contributed by atoms with Gasteiger partial charge in [0.05, 0.1) is 0 Å². The zero-order chi connectivity index (χ0) is 14.0. The van der Waals surface area contributed by atoms with Gasteiger partial charge in [-0.05, 0) is 34.0 Å². The summed E-state index contributed by atoms with van der Waals surface area (Å²) < 4.78 is 0. The fourth-order valence-electron chi connectivity index (χ4n) is 1.61. The van der Waals surface area contributed by atoms with E-state index in [-0.39, 0.29) is 5.91 Å². The molecule has 1 heterocycles. The highest BCUT2D eigenvalue weighted by Gasteiger charge is 1.96. The van der Waals surface area contributed by atoms with E-state index in [2.05, 4.69) is 22.1 Å². The van der Waals surface area contributed by atoms with E-state index in [1.54, 1.807) is 17.4 Å². The van der Waals surface area contributed by atoms with Crippen LogP contribution in [0.5, 0.6) is 0 Å². The quantitative estimate of drug-likeness (QED) is 0.622. The fourth-order valence-corrected chi connectivity index (χ4v) is 3.19. The minimum atomic E-state index is -0.0370. The van der Waals surface area contributed by atoms with E-state index in [9.17, 15) is 4.79 Å². The number of carbonyl (C=O) groups excluding carboxylic acids is 1. The van der Waals surface area contributed by atoms with Gasteiger partial charge in [-0.25, -0.2) is 0 Å². The standard InChI is InChI=1S/C16H17NOS2/c18-16(7-6-14-4-2-1-3-5-14)17-9-11-20-13-15-8-10-19-12-15/h1-8,10,12H,9,11,13H2,(H,17,18)/b7-6+. The van der Waals surface area contributed by atoms with Gasteiger partial charge in [0.2, 0.25) is 5.91 Å². The molecule has 1 amide bonds. The molecule has 0 aliphatic rings. The van der Waals surface area contributed by atoms with Crippen molar-refractivity contribution in [3.8, 4) is 0 Å². The van der Waals surface area contributed by atoms with Crippen LogP contribution < -0.4 is 5.32 Å². The van der Waals surface area contributed by atoms with Crippen molar-refractivity contribution in [3.05, 3.63) is 64.4 Å². The van der Waals surface area contributed by atoms with E-state index in [1.165, 1.54) is 5.56 Å². The Morgan fingerprint density at radius 2 is 2.10 bits per heavy atom. The second-order valence-electron chi connectivity index (χ2n) is 4.22. The molecule has 0 spiro atoms. The molecule has 2 nitrogen and oxygen atoms in total. The van der Waals surface area contributed by atoms with Crippen molar-refractivity contribution >= 4 is 35.1 Å². The summed E-state index contributed by atoms with van der Waals surface area (Å²) in [5.41, 5.74) is 2.39. The van der Waals surface area contributed by atoms with Gasteiger partial charge in [-0.2, -0.15) is 23.1 Å². The third-order valence-corrected chi connectivity index (χ3v) is 4.38. The number of amides is 1. The molecular weight excluding hydrogens is 286 g/mol. The molecule has 0 aliphatic heterocycles.